The molecule has 0 atom stereocenters. The molecular formula is C18H18N4O. The Morgan fingerprint density at radius 1 is 1.17 bits per heavy atom. The quantitative estimate of drug-likeness (QED) is 0.761. The fraction of sp³-hybridized carbons (Fsp3) is 0.278. The van der Waals surface area contributed by atoms with Gasteiger partial charge < -0.3 is 10.3 Å². The van der Waals surface area contributed by atoms with Crippen LogP contribution >= 0.6 is 0 Å². The second-order valence-corrected chi connectivity index (χ2v) is 5.98. The molecule has 1 aliphatic carbocycles. The van der Waals surface area contributed by atoms with E-state index >= 15 is 0 Å². The van der Waals surface area contributed by atoms with Crippen molar-refractivity contribution in [2.75, 3.05) is 6.54 Å². The first-order chi connectivity index (χ1) is 11.3. The summed E-state index contributed by atoms with van der Waals surface area (Å²) in [4.78, 5) is 23.5. The van der Waals surface area contributed by atoms with Crippen molar-refractivity contribution in [3.8, 4) is 0 Å². The molecule has 116 valence electrons. The number of hydrogen-bond donors (Lipinski definition) is 2. The molecule has 4 rings (SSSR count). The number of rotatable bonds is 5. The zero-order valence-corrected chi connectivity index (χ0v) is 12.7. The van der Waals surface area contributed by atoms with Crippen LogP contribution in [0.15, 0.2) is 42.9 Å². The maximum Gasteiger partial charge on any atom is 0.270 e. The third-order valence-electron chi connectivity index (χ3n) is 4.30. The number of aromatic amines is 1. The zero-order chi connectivity index (χ0) is 15.6. The fourth-order valence-electron chi connectivity index (χ4n) is 2.83. The van der Waals surface area contributed by atoms with Crippen LogP contribution in [-0.4, -0.2) is 27.4 Å². The Bertz CT molecular complexity index is 834. The number of fused-ring (bicyclic) bond motifs is 1. The molecule has 1 fully saturated rings. The van der Waals surface area contributed by atoms with Crippen molar-refractivity contribution in [1.82, 2.24) is 20.3 Å². The Balaban J connectivity index is 1.37. The smallest absolute Gasteiger partial charge is 0.270 e. The Morgan fingerprint density at radius 2 is 2.00 bits per heavy atom. The molecule has 5 nitrogen and oxygen atoms in total. The van der Waals surface area contributed by atoms with Crippen LogP contribution in [0.25, 0.3) is 11.0 Å². The summed E-state index contributed by atoms with van der Waals surface area (Å²) in [5, 5.41) is 3.68. The third kappa shape index (κ3) is 2.95. The van der Waals surface area contributed by atoms with Crippen molar-refractivity contribution < 1.29 is 4.79 Å². The highest BCUT2D eigenvalue weighted by molar-refractivity contribution is 6.03. The molecule has 0 unspecified atom stereocenters. The minimum Gasteiger partial charge on any atom is -0.350 e. The molecule has 0 saturated heterocycles. The minimum absolute atomic E-state index is 0.161. The largest absolute Gasteiger partial charge is 0.350 e. The van der Waals surface area contributed by atoms with Crippen LogP contribution in [0.2, 0.25) is 0 Å². The number of carbonyl (C=O) groups is 1. The first kappa shape index (κ1) is 13.9. The van der Waals surface area contributed by atoms with Crippen LogP contribution in [-0.2, 0) is 6.42 Å². The van der Waals surface area contributed by atoms with Gasteiger partial charge in [0.2, 0.25) is 0 Å². The van der Waals surface area contributed by atoms with Gasteiger partial charge in [0, 0.05) is 12.7 Å². The van der Waals surface area contributed by atoms with E-state index in [0.717, 1.165) is 17.7 Å². The molecular weight excluding hydrogens is 288 g/mol. The van der Waals surface area contributed by atoms with Crippen LogP contribution < -0.4 is 5.32 Å². The van der Waals surface area contributed by atoms with Gasteiger partial charge in [-0.3, -0.25) is 4.79 Å². The number of aromatic nitrogens is 3. The van der Waals surface area contributed by atoms with Gasteiger partial charge in [-0.05, 0) is 42.4 Å². The highest BCUT2D eigenvalue weighted by Gasteiger charge is 2.22. The van der Waals surface area contributed by atoms with Gasteiger partial charge in [-0.25, -0.2) is 9.97 Å². The SMILES string of the molecule is O=C(NCCc1ccc(C2CC2)cc1)c1ncnc2[nH]ccc12. The summed E-state index contributed by atoms with van der Waals surface area (Å²) in [6.45, 7) is 0.595. The van der Waals surface area contributed by atoms with E-state index in [1.54, 1.807) is 6.20 Å². The second-order valence-electron chi connectivity index (χ2n) is 5.98. The number of carbonyl (C=O) groups excluding carboxylic acids is 1. The van der Waals surface area contributed by atoms with E-state index in [-0.39, 0.29) is 5.91 Å². The van der Waals surface area contributed by atoms with Crippen LogP contribution in [0, 0.1) is 0 Å². The average molecular weight is 306 g/mol. The number of nitrogens with one attached hydrogen (secondary N) is 2. The van der Waals surface area contributed by atoms with Gasteiger partial charge in [0.1, 0.15) is 17.7 Å². The lowest BCUT2D eigenvalue weighted by Gasteiger charge is -2.06. The molecule has 0 radical (unpaired) electrons. The van der Waals surface area contributed by atoms with Crippen molar-refractivity contribution in [3.63, 3.8) is 0 Å². The maximum absolute atomic E-state index is 12.3. The van der Waals surface area contributed by atoms with E-state index in [4.69, 9.17) is 0 Å². The van der Waals surface area contributed by atoms with Gasteiger partial charge in [-0.2, -0.15) is 0 Å². The van der Waals surface area contributed by atoms with E-state index in [0.29, 0.717) is 17.9 Å². The lowest BCUT2D eigenvalue weighted by molar-refractivity contribution is 0.0951. The van der Waals surface area contributed by atoms with Gasteiger partial charge >= 0.3 is 0 Å². The summed E-state index contributed by atoms with van der Waals surface area (Å²) < 4.78 is 0. The van der Waals surface area contributed by atoms with Crippen molar-refractivity contribution in [3.05, 3.63) is 59.7 Å². The van der Waals surface area contributed by atoms with Crippen molar-refractivity contribution in [1.29, 1.82) is 0 Å². The molecule has 1 amide bonds. The Morgan fingerprint density at radius 3 is 2.78 bits per heavy atom. The second kappa shape index (κ2) is 5.83. The standard InChI is InChI=1S/C18H18N4O/c23-18(16-15-8-10-19-17(15)22-11-21-16)20-9-7-12-1-3-13(4-2-12)14-5-6-14/h1-4,8,10-11,14H,5-7,9H2,(H,20,23)(H,19,21,22). The average Bonchev–Trinajstić information content (AvgIpc) is 3.32. The van der Waals surface area contributed by atoms with Crippen LogP contribution in [0.1, 0.15) is 40.4 Å². The van der Waals surface area contributed by atoms with E-state index in [9.17, 15) is 4.79 Å². The predicted molar refractivity (Wildman–Crippen MR) is 88.3 cm³/mol. The molecule has 1 saturated carbocycles. The Labute approximate surface area is 134 Å². The monoisotopic (exact) mass is 306 g/mol. The number of H-pyrrole nitrogens is 1. The van der Waals surface area contributed by atoms with Crippen LogP contribution in [0.5, 0.6) is 0 Å². The van der Waals surface area contributed by atoms with E-state index in [1.807, 2.05) is 6.07 Å². The molecule has 0 bridgehead atoms. The summed E-state index contributed by atoms with van der Waals surface area (Å²) in [6.07, 6.45) is 6.63. The summed E-state index contributed by atoms with van der Waals surface area (Å²) in [7, 11) is 0. The maximum atomic E-state index is 12.3. The predicted octanol–water partition coefficient (Wildman–Crippen LogP) is 2.81. The number of nitrogens with zero attached hydrogens (tertiary/aromatic N) is 2. The molecule has 0 aliphatic heterocycles. The molecule has 1 aliphatic rings. The normalized spacial score (nSPS) is 14.1. The summed E-state index contributed by atoms with van der Waals surface area (Å²) >= 11 is 0. The molecule has 2 N–H and O–H groups in total. The first-order valence-corrected chi connectivity index (χ1v) is 7.96. The zero-order valence-electron chi connectivity index (χ0n) is 12.7. The highest BCUT2D eigenvalue weighted by atomic mass is 16.1. The minimum atomic E-state index is -0.161. The number of benzene rings is 1. The van der Waals surface area contributed by atoms with Crippen molar-refractivity contribution >= 4 is 16.9 Å². The number of amides is 1. The summed E-state index contributed by atoms with van der Waals surface area (Å²) in [5.74, 6) is 0.622. The van der Waals surface area contributed by atoms with Gasteiger partial charge in [0.05, 0.1) is 5.39 Å². The van der Waals surface area contributed by atoms with Gasteiger partial charge in [0.15, 0.2) is 0 Å². The first-order valence-electron chi connectivity index (χ1n) is 7.96. The molecule has 5 heteroatoms. The third-order valence-corrected chi connectivity index (χ3v) is 4.30. The van der Waals surface area contributed by atoms with Crippen LogP contribution in [0.3, 0.4) is 0 Å². The van der Waals surface area contributed by atoms with E-state index < -0.39 is 0 Å². The lowest BCUT2D eigenvalue weighted by Crippen LogP contribution is -2.26. The van der Waals surface area contributed by atoms with Gasteiger partial charge in [0.25, 0.3) is 5.91 Å². The Kier molecular flexibility index (Phi) is 3.54. The molecule has 3 aromatic rings. The molecule has 0 spiro atoms. The van der Waals surface area contributed by atoms with Crippen LogP contribution in [0.4, 0.5) is 0 Å². The lowest BCUT2D eigenvalue weighted by atomic mass is 10.1. The fourth-order valence-corrected chi connectivity index (χ4v) is 2.83. The molecule has 2 heterocycles. The van der Waals surface area contributed by atoms with E-state index in [1.165, 1.54) is 30.3 Å². The number of hydrogen-bond acceptors (Lipinski definition) is 3. The summed E-state index contributed by atoms with van der Waals surface area (Å²) in [5.41, 5.74) is 3.78. The van der Waals surface area contributed by atoms with Crippen molar-refractivity contribution in [2.24, 2.45) is 0 Å². The molecule has 23 heavy (non-hydrogen) atoms. The van der Waals surface area contributed by atoms with E-state index in [2.05, 4.69) is 44.5 Å². The molecule has 1 aromatic carbocycles. The summed E-state index contributed by atoms with van der Waals surface area (Å²) in [6, 6.07) is 10.6. The Hall–Kier alpha value is -2.69. The van der Waals surface area contributed by atoms with Gasteiger partial charge in [-0.1, -0.05) is 24.3 Å². The van der Waals surface area contributed by atoms with Crippen molar-refractivity contribution in [2.45, 2.75) is 25.2 Å². The van der Waals surface area contributed by atoms with Gasteiger partial charge in [-0.15, -0.1) is 0 Å². The highest BCUT2D eigenvalue weighted by Crippen LogP contribution is 2.39. The topological polar surface area (TPSA) is 70.7 Å². The molecule has 2 aromatic heterocycles.